The van der Waals surface area contributed by atoms with Gasteiger partial charge in [0.2, 0.25) is 0 Å². The minimum absolute atomic E-state index is 0.124. The number of nitrogen functional groups attached to an aromatic ring is 1. The molecule has 0 aliphatic carbocycles. The lowest BCUT2D eigenvalue weighted by Crippen LogP contribution is -2.14. The van der Waals surface area contributed by atoms with Gasteiger partial charge in [-0.2, -0.15) is 0 Å². The maximum atomic E-state index is 7.35. The Morgan fingerprint density at radius 2 is 2.07 bits per heavy atom. The molecule has 0 unspecified atom stereocenters. The van der Waals surface area contributed by atoms with Crippen LogP contribution in [-0.4, -0.2) is 11.9 Å². The molecule has 0 spiro atoms. The van der Waals surface area contributed by atoms with Crippen molar-refractivity contribution in [2.24, 2.45) is 5.73 Å². The molecule has 4 N–H and O–H groups in total. The normalized spacial score (nSPS) is 10.3. The third-order valence-electron chi connectivity index (χ3n) is 1.97. The van der Waals surface area contributed by atoms with Crippen LogP contribution in [0.15, 0.2) is 18.2 Å². The van der Waals surface area contributed by atoms with Crippen LogP contribution in [0.1, 0.15) is 25.0 Å². The Bertz CT molecular complexity index is 342. The van der Waals surface area contributed by atoms with E-state index in [1.165, 1.54) is 0 Å². The minimum Gasteiger partial charge on any atom is -0.384 e. The first-order valence-corrected chi connectivity index (χ1v) is 4.72. The molecule has 0 amide bonds. The molecule has 0 radical (unpaired) electrons. The van der Waals surface area contributed by atoms with E-state index >= 15 is 0 Å². The Morgan fingerprint density at radius 1 is 1.43 bits per heavy atom. The molecule has 3 heteroatoms. The second-order valence-corrected chi connectivity index (χ2v) is 3.74. The standard InChI is InChI=1S/C11H17N3/c1-7(2)14-9-4-5-10(11(12)13)8(3)6-9/h4-7,14H,1-3H3,(H3,12,13). The summed E-state index contributed by atoms with van der Waals surface area (Å²) in [5, 5.41) is 10.6. The molecule has 0 bridgehead atoms. The van der Waals surface area contributed by atoms with Gasteiger partial charge in [0.15, 0.2) is 0 Å². The van der Waals surface area contributed by atoms with Crippen LogP contribution in [0.5, 0.6) is 0 Å². The number of hydrogen-bond acceptors (Lipinski definition) is 2. The maximum absolute atomic E-state index is 7.35. The van der Waals surface area contributed by atoms with Crippen LogP contribution in [0.2, 0.25) is 0 Å². The van der Waals surface area contributed by atoms with Gasteiger partial charge in [-0.3, -0.25) is 5.41 Å². The maximum Gasteiger partial charge on any atom is 0.123 e. The van der Waals surface area contributed by atoms with Gasteiger partial charge in [0, 0.05) is 17.3 Å². The van der Waals surface area contributed by atoms with Gasteiger partial charge in [-0.15, -0.1) is 0 Å². The molecule has 0 fully saturated rings. The van der Waals surface area contributed by atoms with Gasteiger partial charge in [0.05, 0.1) is 0 Å². The lowest BCUT2D eigenvalue weighted by Gasteiger charge is -2.12. The third kappa shape index (κ3) is 2.49. The average molecular weight is 191 g/mol. The summed E-state index contributed by atoms with van der Waals surface area (Å²) < 4.78 is 0. The zero-order valence-electron chi connectivity index (χ0n) is 8.89. The summed E-state index contributed by atoms with van der Waals surface area (Å²) in [5.74, 6) is 0.124. The molecule has 0 saturated carbocycles. The van der Waals surface area contributed by atoms with Crippen molar-refractivity contribution >= 4 is 11.5 Å². The fourth-order valence-electron chi connectivity index (χ4n) is 1.39. The summed E-state index contributed by atoms with van der Waals surface area (Å²) in [6.07, 6.45) is 0. The van der Waals surface area contributed by atoms with E-state index in [2.05, 4.69) is 19.2 Å². The van der Waals surface area contributed by atoms with Crippen LogP contribution in [0.25, 0.3) is 0 Å². The van der Waals surface area contributed by atoms with Gasteiger partial charge in [-0.25, -0.2) is 0 Å². The summed E-state index contributed by atoms with van der Waals surface area (Å²) in [4.78, 5) is 0. The van der Waals surface area contributed by atoms with Crippen molar-refractivity contribution in [1.82, 2.24) is 0 Å². The molecule has 1 rings (SSSR count). The molecule has 76 valence electrons. The van der Waals surface area contributed by atoms with E-state index in [0.717, 1.165) is 16.8 Å². The van der Waals surface area contributed by atoms with Gasteiger partial charge in [-0.1, -0.05) is 0 Å². The Kier molecular flexibility index (Phi) is 3.12. The number of nitrogens with one attached hydrogen (secondary N) is 2. The molecular weight excluding hydrogens is 174 g/mol. The van der Waals surface area contributed by atoms with E-state index in [-0.39, 0.29) is 5.84 Å². The van der Waals surface area contributed by atoms with E-state index in [1.807, 2.05) is 25.1 Å². The zero-order chi connectivity index (χ0) is 10.7. The first-order chi connectivity index (χ1) is 6.50. The van der Waals surface area contributed by atoms with Crippen molar-refractivity contribution in [2.45, 2.75) is 26.8 Å². The number of amidine groups is 1. The van der Waals surface area contributed by atoms with Crippen LogP contribution in [-0.2, 0) is 0 Å². The molecule has 0 aliphatic heterocycles. The average Bonchev–Trinajstić information content (AvgIpc) is 2.01. The first-order valence-electron chi connectivity index (χ1n) is 4.72. The van der Waals surface area contributed by atoms with Crippen molar-refractivity contribution < 1.29 is 0 Å². The lowest BCUT2D eigenvalue weighted by atomic mass is 10.1. The van der Waals surface area contributed by atoms with Gasteiger partial charge in [0.1, 0.15) is 5.84 Å². The highest BCUT2D eigenvalue weighted by molar-refractivity contribution is 5.96. The summed E-state index contributed by atoms with van der Waals surface area (Å²) in [7, 11) is 0. The monoisotopic (exact) mass is 191 g/mol. The first kappa shape index (κ1) is 10.6. The van der Waals surface area contributed by atoms with Crippen molar-refractivity contribution in [3.63, 3.8) is 0 Å². The van der Waals surface area contributed by atoms with Crippen LogP contribution in [0.3, 0.4) is 0 Å². The lowest BCUT2D eigenvalue weighted by molar-refractivity contribution is 0.899. The second-order valence-electron chi connectivity index (χ2n) is 3.74. The molecule has 14 heavy (non-hydrogen) atoms. The van der Waals surface area contributed by atoms with Crippen LogP contribution in [0, 0.1) is 12.3 Å². The van der Waals surface area contributed by atoms with Crippen LogP contribution >= 0.6 is 0 Å². The highest BCUT2D eigenvalue weighted by atomic mass is 14.9. The molecule has 1 aromatic carbocycles. The molecule has 0 atom stereocenters. The predicted molar refractivity (Wildman–Crippen MR) is 61.0 cm³/mol. The molecule has 0 aliphatic rings. The zero-order valence-corrected chi connectivity index (χ0v) is 8.89. The van der Waals surface area contributed by atoms with Crippen molar-refractivity contribution in [1.29, 1.82) is 5.41 Å². The SMILES string of the molecule is Cc1cc(NC(C)C)ccc1C(=N)N. The largest absolute Gasteiger partial charge is 0.384 e. The van der Waals surface area contributed by atoms with Gasteiger partial charge < -0.3 is 11.1 Å². The predicted octanol–water partition coefficient (Wildman–Crippen LogP) is 2.10. The van der Waals surface area contributed by atoms with E-state index in [0.29, 0.717) is 6.04 Å². The molecule has 0 aromatic heterocycles. The molecule has 1 aromatic rings. The Hall–Kier alpha value is -1.51. The smallest absolute Gasteiger partial charge is 0.123 e. The number of nitrogens with two attached hydrogens (primary N) is 1. The summed E-state index contributed by atoms with van der Waals surface area (Å²) in [6, 6.07) is 6.25. The van der Waals surface area contributed by atoms with E-state index in [1.54, 1.807) is 0 Å². The number of benzene rings is 1. The topological polar surface area (TPSA) is 61.9 Å². The van der Waals surface area contributed by atoms with E-state index in [9.17, 15) is 0 Å². The Balaban J connectivity index is 2.94. The van der Waals surface area contributed by atoms with Crippen molar-refractivity contribution in [3.05, 3.63) is 29.3 Å². The van der Waals surface area contributed by atoms with Gasteiger partial charge >= 0.3 is 0 Å². The highest BCUT2D eigenvalue weighted by Crippen LogP contribution is 2.15. The third-order valence-corrected chi connectivity index (χ3v) is 1.97. The molecule has 0 heterocycles. The van der Waals surface area contributed by atoms with Crippen LogP contribution < -0.4 is 11.1 Å². The summed E-state index contributed by atoms with van der Waals surface area (Å²) >= 11 is 0. The number of aryl methyl sites for hydroxylation is 1. The molecule has 3 nitrogen and oxygen atoms in total. The highest BCUT2D eigenvalue weighted by Gasteiger charge is 2.02. The number of hydrogen-bond donors (Lipinski definition) is 3. The van der Waals surface area contributed by atoms with Gasteiger partial charge in [0.25, 0.3) is 0 Å². The quantitative estimate of drug-likeness (QED) is 0.506. The van der Waals surface area contributed by atoms with E-state index in [4.69, 9.17) is 11.1 Å². The minimum atomic E-state index is 0.124. The Morgan fingerprint density at radius 3 is 2.50 bits per heavy atom. The van der Waals surface area contributed by atoms with Crippen molar-refractivity contribution in [3.8, 4) is 0 Å². The van der Waals surface area contributed by atoms with Crippen molar-refractivity contribution in [2.75, 3.05) is 5.32 Å². The number of anilines is 1. The van der Waals surface area contributed by atoms with Crippen LogP contribution in [0.4, 0.5) is 5.69 Å². The Labute approximate surface area is 84.8 Å². The van der Waals surface area contributed by atoms with Gasteiger partial charge in [-0.05, 0) is 44.5 Å². The summed E-state index contributed by atoms with van der Waals surface area (Å²) in [5.41, 5.74) is 8.34. The molecule has 0 saturated heterocycles. The fraction of sp³-hybridized carbons (Fsp3) is 0.364. The number of rotatable bonds is 3. The van der Waals surface area contributed by atoms with E-state index < -0.39 is 0 Å². The molecular formula is C11H17N3. The summed E-state index contributed by atoms with van der Waals surface area (Å²) in [6.45, 7) is 6.14. The fourth-order valence-corrected chi connectivity index (χ4v) is 1.39. The second kappa shape index (κ2) is 4.13.